The molecule has 2 N–H and O–H groups in total. The predicted octanol–water partition coefficient (Wildman–Crippen LogP) is 2.69. The van der Waals surface area contributed by atoms with Crippen molar-refractivity contribution in [2.75, 3.05) is 11.9 Å². The zero-order valence-corrected chi connectivity index (χ0v) is 15.1. The van der Waals surface area contributed by atoms with Gasteiger partial charge in [0.1, 0.15) is 4.88 Å². The first-order valence-electron chi connectivity index (χ1n) is 7.83. The lowest BCUT2D eigenvalue weighted by Gasteiger charge is -2.08. The summed E-state index contributed by atoms with van der Waals surface area (Å²) in [7, 11) is 0. The minimum atomic E-state index is -1.70. The molecule has 2 heterocycles. The highest BCUT2D eigenvalue weighted by Gasteiger charge is 2.19. The van der Waals surface area contributed by atoms with E-state index in [2.05, 4.69) is 25.6 Å². The molecule has 0 aliphatic carbocycles. The van der Waals surface area contributed by atoms with Crippen LogP contribution in [0.2, 0.25) is 0 Å². The number of nitrogens with one attached hydrogen (secondary N) is 2. The van der Waals surface area contributed by atoms with Crippen LogP contribution in [0, 0.1) is 24.4 Å². The average Bonchev–Trinajstić information content (AvgIpc) is 3.09. The third-order valence-electron chi connectivity index (χ3n) is 3.48. The third-order valence-corrected chi connectivity index (χ3v) is 4.63. The number of rotatable bonds is 5. The molecule has 0 atom stereocenters. The first kappa shape index (κ1) is 19.4. The van der Waals surface area contributed by atoms with Crippen LogP contribution in [0.4, 0.5) is 18.9 Å². The van der Waals surface area contributed by atoms with Crippen molar-refractivity contribution in [3.8, 4) is 10.8 Å². The number of anilines is 1. The molecule has 3 rings (SSSR count). The Bertz CT molecular complexity index is 1040. The summed E-state index contributed by atoms with van der Waals surface area (Å²) in [4.78, 5) is 36.8. The fourth-order valence-electron chi connectivity index (χ4n) is 2.17. The van der Waals surface area contributed by atoms with Gasteiger partial charge in [0.2, 0.25) is 5.91 Å². The minimum absolute atomic E-state index is 0.259. The van der Waals surface area contributed by atoms with Crippen molar-refractivity contribution in [3.05, 3.63) is 58.6 Å². The van der Waals surface area contributed by atoms with Crippen LogP contribution < -0.4 is 10.6 Å². The Morgan fingerprint density at radius 3 is 2.54 bits per heavy atom. The Labute approximate surface area is 160 Å². The van der Waals surface area contributed by atoms with Crippen molar-refractivity contribution in [2.45, 2.75) is 6.92 Å². The molecule has 144 valence electrons. The summed E-state index contributed by atoms with van der Waals surface area (Å²) in [5.41, 5.74) is -0.104. The van der Waals surface area contributed by atoms with Gasteiger partial charge in [-0.1, -0.05) is 0 Å². The fraction of sp³-hybridized carbons (Fsp3) is 0.118. The quantitative estimate of drug-likeness (QED) is 0.634. The summed E-state index contributed by atoms with van der Waals surface area (Å²) in [6.45, 7) is 1.11. The van der Waals surface area contributed by atoms with Gasteiger partial charge >= 0.3 is 0 Å². The molecule has 2 aromatic heterocycles. The van der Waals surface area contributed by atoms with E-state index in [9.17, 15) is 22.8 Å². The number of hydrogen-bond acceptors (Lipinski definition) is 6. The lowest BCUT2D eigenvalue weighted by Crippen LogP contribution is -2.33. The van der Waals surface area contributed by atoms with Crippen molar-refractivity contribution in [3.63, 3.8) is 0 Å². The van der Waals surface area contributed by atoms with Gasteiger partial charge in [0.15, 0.2) is 28.3 Å². The van der Waals surface area contributed by atoms with Crippen molar-refractivity contribution in [2.24, 2.45) is 0 Å². The molecule has 0 spiro atoms. The Morgan fingerprint density at radius 1 is 1.11 bits per heavy atom. The number of halogens is 3. The normalized spacial score (nSPS) is 10.6. The Hall–Kier alpha value is -3.34. The van der Waals surface area contributed by atoms with Crippen LogP contribution in [0.3, 0.4) is 0 Å². The van der Waals surface area contributed by atoms with Gasteiger partial charge in [0.25, 0.3) is 5.91 Å². The molecule has 0 radical (unpaired) electrons. The molecule has 0 saturated heterocycles. The van der Waals surface area contributed by atoms with Crippen LogP contribution in [0.1, 0.15) is 15.4 Å². The van der Waals surface area contributed by atoms with Crippen molar-refractivity contribution in [1.29, 1.82) is 0 Å². The number of thiazole rings is 1. The highest BCUT2D eigenvalue weighted by atomic mass is 32.1. The lowest BCUT2D eigenvalue weighted by atomic mass is 10.2. The van der Waals surface area contributed by atoms with E-state index in [0.717, 1.165) is 17.4 Å². The van der Waals surface area contributed by atoms with E-state index in [1.165, 1.54) is 0 Å². The van der Waals surface area contributed by atoms with Gasteiger partial charge < -0.3 is 10.6 Å². The zero-order valence-electron chi connectivity index (χ0n) is 14.3. The molecule has 0 fully saturated rings. The number of aromatic nitrogens is 3. The third kappa shape index (κ3) is 4.14. The Morgan fingerprint density at radius 2 is 1.82 bits per heavy atom. The van der Waals surface area contributed by atoms with E-state index in [1.807, 2.05) is 0 Å². The van der Waals surface area contributed by atoms with Crippen molar-refractivity contribution in [1.82, 2.24) is 20.3 Å². The minimum Gasteiger partial charge on any atom is -0.342 e. The zero-order chi connectivity index (χ0) is 20.3. The average molecular weight is 407 g/mol. The fourth-order valence-corrected chi connectivity index (χ4v) is 3.10. The molecule has 0 aliphatic heterocycles. The van der Waals surface area contributed by atoms with E-state index in [4.69, 9.17) is 0 Å². The molecule has 28 heavy (non-hydrogen) atoms. The first-order chi connectivity index (χ1) is 13.4. The summed E-state index contributed by atoms with van der Waals surface area (Å²) >= 11 is 1.05. The topological polar surface area (TPSA) is 96.9 Å². The van der Waals surface area contributed by atoms with Gasteiger partial charge in [-0.05, 0) is 25.1 Å². The summed E-state index contributed by atoms with van der Waals surface area (Å²) in [6.07, 6.45) is 3.08. The van der Waals surface area contributed by atoms with Gasteiger partial charge in [-0.25, -0.2) is 28.1 Å². The second-order valence-electron chi connectivity index (χ2n) is 5.46. The van der Waals surface area contributed by atoms with E-state index in [1.54, 1.807) is 25.4 Å². The van der Waals surface area contributed by atoms with E-state index >= 15 is 0 Å². The molecule has 7 nitrogen and oxygen atoms in total. The lowest BCUT2D eigenvalue weighted by molar-refractivity contribution is -0.115. The van der Waals surface area contributed by atoms with Crippen LogP contribution >= 0.6 is 11.3 Å². The summed E-state index contributed by atoms with van der Waals surface area (Å²) < 4.78 is 39.6. The number of benzene rings is 1. The molecule has 0 unspecified atom stereocenters. The highest BCUT2D eigenvalue weighted by Crippen LogP contribution is 2.25. The maximum Gasteiger partial charge on any atom is 0.263 e. The van der Waals surface area contributed by atoms with E-state index < -0.39 is 41.5 Å². The van der Waals surface area contributed by atoms with Gasteiger partial charge in [0.05, 0.1) is 17.9 Å². The van der Waals surface area contributed by atoms with Gasteiger partial charge in [-0.2, -0.15) is 0 Å². The standard InChI is InChI=1S/C17H12F3N5O2S/c1-8-14(28-17(24-8)15-21-5-2-6-22-15)16(27)23-7-11(26)25-10-4-3-9(18)12(19)13(10)20/h2-6H,7H2,1H3,(H,23,27)(H,25,26). The largest absolute Gasteiger partial charge is 0.342 e. The summed E-state index contributed by atoms with van der Waals surface area (Å²) in [5, 5.41) is 4.86. The highest BCUT2D eigenvalue weighted by molar-refractivity contribution is 7.17. The molecular weight excluding hydrogens is 395 g/mol. The number of hydrogen-bond donors (Lipinski definition) is 2. The predicted molar refractivity (Wildman–Crippen MR) is 95.2 cm³/mol. The number of carbonyl (C=O) groups excluding carboxylic acids is 2. The van der Waals surface area contributed by atoms with Gasteiger partial charge in [0, 0.05) is 12.4 Å². The van der Waals surface area contributed by atoms with Crippen LogP contribution in [-0.2, 0) is 4.79 Å². The Kier molecular flexibility index (Phi) is 5.64. The number of amides is 2. The van der Waals surface area contributed by atoms with Crippen molar-refractivity contribution < 1.29 is 22.8 Å². The summed E-state index contributed by atoms with van der Waals surface area (Å²) in [5.74, 6) is -5.61. The SMILES string of the molecule is Cc1nc(-c2ncccn2)sc1C(=O)NCC(=O)Nc1ccc(F)c(F)c1F. The maximum absolute atomic E-state index is 13.6. The number of carbonyl (C=O) groups is 2. The number of nitrogens with zero attached hydrogens (tertiary/aromatic N) is 3. The van der Waals surface area contributed by atoms with E-state index in [-0.39, 0.29) is 4.88 Å². The van der Waals surface area contributed by atoms with Gasteiger partial charge in [-0.3, -0.25) is 9.59 Å². The van der Waals surface area contributed by atoms with Gasteiger partial charge in [-0.15, -0.1) is 11.3 Å². The Balaban J connectivity index is 1.64. The molecule has 11 heteroatoms. The van der Waals surface area contributed by atoms with Crippen LogP contribution in [0.25, 0.3) is 10.8 Å². The maximum atomic E-state index is 13.6. The first-order valence-corrected chi connectivity index (χ1v) is 8.65. The molecule has 2 amide bonds. The summed E-state index contributed by atoms with van der Waals surface area (Å²) in [6, 6.07) is 3.21. The van der Waals surface area contributed by atoms with Crippen LogP contribution in [0.15, 0.2) is 30.6 Å². The molecular formula is C17H12F3N5O2S. The smallest absolute Gasteiger partial charge is 0.263 e. The van der Waals surface area contributed by atoms with Crippen LogP contribution in [-0.4, -0.2) is 33.3 Å². The molecule has 3 aromatic rings. The molecule has 0 aliphatic rings. The van der Waals surface area contributed by atoms with Crippen LogP contribution in [0.5, 0.6) is 0 Å². The molecule has 1 aromatic carbocycles. The second kappa shape index (κ2) is 8.13. The molecule has 0 bridgehead atoms. The van der Waals surface area contributed by atoms with E-state index in [0.29, 0.717) is 22.6 Å². The molecule has 0 saturated carbocycles. The van der Waals surface area contributed by atoms with Crippen molar-refractivity contribution >= 4 is 28.8 Å². The number of aryl methyl sites for hydroxylation is 1. The monoisotopic (exact) mass is 407 g/mol. The second-order valence-corrected chi connectivity index (χ2v) is 6.46.